The average molecular weight is 399 g/mol. The second-order valence-electron chi connectivity index (χ2n) is 5.72. The molecule has 2 rings (SSSR count). The Kier molecular flexibility index (Phi) is 6.97. The standard InChI is InChI=1S/C18H18Cl2FN3O2/c1-10(13-7-16(21)15(20)8-14(13)19)23-9-17(25)24-12-5-3-4-11(6-12)18(26)22-2/h3-8,10,23H,9H2,1-2H3,(H,22,26)(H,24,25)/p+1/t10-/m1/s1. The zero-order valence-corrected chi connectivity index (χ0v) is 15.8. The van der Waals surface area contributed by atoms with Gasteiger partial charge in [0.15, 0.2) is 6.54 Å². The molecule has 0 aromatic heterocycles. The van der Waals surface area contributed by atoms with Gasteiger partial charge in [0.2, 0.25) is 0 Å². The highest BCUT2D eigenvalue weighted by Crippen LogP contribution is 2.27. The van der Waals surface area contributed by atoms with Crippen molar-refractivity contribution in [1.29, 1.82) is 0 Å². The summed E-state index contributed by atoms with van der Waals surface area (Å²) in [5, 5.41) is 7.28. The maximum Gasteiger partial charge on any atom is 0.279 e. The van der Waals surface area contributed by atoms with Crippen molar-refractivity contribution in [1.82, 2.24) is 5.32 Å². The highest BCUT2D eigenvalue weighted by Gasteiger charge is 2.17. The quantitative estimate of drug-likeness (QED) is 0.654. The summed E-state index contributed by atoms with van der Waals surface area (Å²) in [6.07, 6.45) is 0. The Labute approximate surface area is 160 Å². The predicted molar refractivity (Wildman–Crippen MR) is 100 cm³/mol. The van der Waals surface area contributed by atoms with Gasteiger partial charge in [-0.2, -0.15) is 0 Å². The molecule has 0 aliphatic heterocycles. The topological polar surface area (TPSA) is 74.8 Å². The first-order valence-corrected chi connectivity index (χ1v) is 8.67. The van der Waals surface area contributed by atoms with E-state index in [2.05, 4.69) is 10.6 Å². The Bertz CT molecular complexity index is 830. The third-order valence-electron chi connectivity index (χ3n) is 3.82. The van der Waals surface area contributed by atoms with Gasteiger partial charge in [0, 0.05) is 23.9 Å². The fourth-order valence-corrected chi connectivity index (χ4v) is 2.95. The molecule has 5 nitrogen and oxygen atoms in total. The summed E-state index contributed by atoms with van der Waals surface area (Å²) in [4.78, 5) is 23.8. The van der Waals surface area contributed by atoms with Gasteiger partial charge in [-0.3, -0.25) is 9.59 Å². The number of benzene rings is 2. The van der Waals surface area contributed by atoms with E-state index in [1.165, 1.54) is 19.2 Å². The van der Waals surface area contributed by atoms with Crippen LogP contribution in [0.3, 0.4) is 0 Å². The van der Waals surface area contributed by atoms with Crippen LogP contribution in [0.4, 0.5) is 10.1 Å². The second kappa shape index (κ2) is 8.98. The molecule has 0 aliphatic carbocycles. The van der Waals surface area contributed by atoms with Crippen LogP contribution in [0.5, 0.6) is 0 Å². The molecule has 0 spiro atoms. The minimum Gasteiger partial charge on any atom is -0.355 e. The molecule has 26 heavy (non-hydrogen) atoms. The molecule has 2 aromatic carbocycles. The Morgan fingerprint density at radius 3 is 2.62 bits per heavy atom. The van der Waals surface area contributed by atoms with Gasteiger partial charge in [-0.1, -0.05) is 29.3 Å². The van der Waals surface area contributed by atoms with Crippen molar-refractivity contribution in [2.45, 2.75) is 13.0 Å². The first kappa shape index (κ1) is 20.2. The van der Waals surface area contributed by atoms with E-state index in [4.69, 9.17) is 23.2 Å². The molecule has 138 valence electrons. The summed E-state index contributed by atoms with van der Waals surface area (Å²) in [6.45, 7) is 1.92. The van der Waals surface area contributed by atoms with Gasteiger partial charge < -0.3 is 16.0 Å². The van der Waals surface area contributed by atoms with E-state index in [-0.39, 0.29) is 29.4 Å². The van der Waals surface area contributed by atoms with E-state index in [9.17, 15) is 14.0 Å². The zero-order valence-electron chi connectivity index (χ0n) is 14.3. The molecule has 0 unspecified atom stereocenters. The number of hydrogen-bond donors (Lipinski definition) is 3. The molecule has 0 bridgehead atoms. The van der Waals surface area contributed by atoms with E-state index < -0.39 is 5.82 Å². The van der Waals surface area contributed by atoms with E-state index in [1.54, 1.807) is 29.6 Å². The fourth-order valence-electron chi connectivity index (χ4n) is 2.39. The SMILES string of the molecule is CNC(=O)c1cccc(NC(=O)C[NH2+][C@H](C)c2cc(F)c(Cl)cc2Cl)c1. The molecule has 2 amide bonds. The average Bonchev–Trinajstić information content (AvgIpc) is 2.62. The van der Waals surface area contributed by atoms with Crippen LogP contribution < -0.4 is 16.0 Å². The van der Waals surface area contributed by atoms with Crippen molar-refractivity contribution in [3.8, 4) is 0 Å². The first-order valence-electron chi connectivity index (χ1n) is 7.91. The van der Waals surface area contributed by atoms with Crippen LogP contribution in [0.25, 0.3) is 0 Å². The highest BCUT2D eigenvalue weighted by atomic mass is 35.5. The van der Waals surface area contributed by atoms with Crippen molar-refractivity contribution in [2.75, 3.05) is 18.9 Å². The molecule has 8 heteroatoms. The predicted octanol–water partition coefficient (Wildman–Crippen LogP) is 2.76. The lowest BCUT2D eigenvalue weighted by Gasteiger charge is -2.13. The number of rotatable bonds is 6. The number of halogens is 3. The molecule has 0 saturated heterocycles. The Morgan fingerprint density at radius 1 is 1.19 bits per heavy atom. The molecule has 0 aliphatic rings. The Hall–Kier alpha value is -2.15. The number of amides is 2. The lowest BCUT2D eigenvalue weighted by Crippen LogP contribution is -2.86. The van der Waals surface area contributed by atoms with E-state index in [0.29, 0.717) is 21.8 Å². The van der Waals surface area contributed by atoms with Gasteiger partial charge in [-0.25, -0.2) is 4.39 Å². The lowest BCUT2D eigenvalue weighted by molar-refractivity contribution is -0.682. The number of hydrogen-bond acceptors (Lipinski definition) is 2. The Morgan fingerprint density at radius 2 is 1.92 bits per heavy atom. The zero-order chi connectivity index (χ0) is 19.3. The third-order valence-corrected chi connectivity index (χ3v) is 4.44. The van der Waals surface area contributed by atoms with Crippen molar-refractivity contribution in [2.24, 2.45) is 0 Å². The molecule has 0 fully saturated rings. The minimum atomic E-state index is -0.554. The lowest BCUT2D eigenvalue weighted by atomic mass is 10.1. The van der Waals surface area contributed by atoms with E-state index in [0.717, 1.165) is 0 Å². The van der Waals surface area contributed by atoms with Crippen LogP contribution in [0, 0.1) is 5.82 Å². The number of carbonyl (C=O) groups is 2. The molecular formula is C18H19Cl2FN3O2+. The van der Waals surface area contributed by atoms with Crippen LogP contribution >= 0.6 is 23.2 Å². The van der Waals surface area contributed by atoms with Gasteiger partial charge in [0.1, 0.15) is 11.9 Å². The summed E-state index contributed by atoms with van der Waals surface area (Å²) < 4.78 is 13.6. The summed E-state index contributed by atoms with van der Waals surface area (Å²) in [6, 6.07) is 9.00. The number of nitrogens with one attached hydrogen (secondary N) is 2. The molecule has 0 heterocycles. The van der Waals surface area contributed by atoms with Crippen molar-refractivity contribution < 1.29 is 19.3 Å². The van der Waals surface area contributed by atoms with Crippen LogP contribution in [-0.4, -0.2) is 25.4 Å². The summed E-state index contributed by atoms with van der Waals surface area (Å²) in [5.74, 6) is -1.04. The van der Waals surface area contributed by atoms with Gasteiger partial charge in [0.25, 0.3) is 11.8 Å². The molecule has 0 radical (unpaired) electrons. The van der Waals surface area contributed by atoms with Crippen molar-refractivity contribution >= 4 is 40.7 Å². The van der Waals surface area contributed by atoms with E-state index >= 15 is 0 Å². The molecule has 2 aromatic rings. The molecule has 0 saturated carbocycles. The van der Waals surface area contributed by atoms with Crippen LogP contribution in [0.2, 0.25) is 10.0 Å². The van der Waals surface area contributed by atoms with E-state index in [1.807, 2.05) is 6.92 Å². The van der Waals surface area contributed by atoms with Gasteiger partial charge in [0.05, 0.1) is 10.0 Å². The number of quaternary nitrogens is 1. The van der Waals surface area contributed by atoms with Gasteiger partial charge >= 0.3 is 0 Å². The first-order chi connectivity index (χ1) is 12.3. The maximum absolute atomic E-state index is 13.6. The van der Waals surface area contributed by atoms with Crippen molar-refractivity contribution in [3.05, 3.63) is 63.4 Å². The Balaban J connectivity index is 1.97. The minimum absolute atomic E-state index is 0.0420. The number of nitrogens with two attached hydrogens (primary N) is 1. The molecule has 1 atom stereocenters. The van der Waals surface area contributed by atoms with Crippen LogP contribution in [0.1, 0.15) is 28.9 Å². The van der Waals surface area contributed by atoms with Gasteiger partial charge in [-0.05, 0) is 37.3 Å². The van der Waals surface area contributed by atoms with Crippen LogP contribution in [0.15, 0.2) is 36.4 Å². The largest absolute Gasteiger partial charge is 0.355 e. The normalized spacial score (nSPS) is 11.7. The van der Waals surface area contributed by atoms with Gasteiger partial charge in [-0.15, -0.1) is 0 Å². The summed E-state index contributed by atoms with van der Waals surface area (Å²) in [7, 11) is 1.54. The smallest absolute Gasteiger partial charge is 0.279 e. The third kappa shape index (κ3) is 5.17. The fraction of sp³-hybridized carbons (Fsp3) is 0.222. The summed E-state index contributed by atoms with van der Waals surface area (Å²) in [5.41, 5.74) is 1.53. The summed E-state index contributed by atoms with van der Waals surface area (Å²) >= 11 is 11.8. The number of carbonyl (C=O) groups excluding carboxylic acids is 2. The van der Waals surface area contributed by atoms with Crippen LogP contribution in [-0.2, 0) is 4.79 Å². The van der Waals surface area contributed by atoms with Crippen molar-refractivity contribution in [3.63, 3.8) is 0 Å². The monoisotopic (exact) mass is 398 g/mol. The number of anilines is 1. The molecule has 4 N–H and O–H groups in total. The maximum atomic E-state index is 13.6. The highest BCUT2D eigenvalue weighted by molar-refractivity contribution is 6.35. The second-order valence-corrected chi connectivity index (χ2v) is 6.54. The molecular weight excluding hydrogens is 380 g/mol.